The van der Waals surface area contributed by atoms with Gasteiger partial charge in [-0.2, -0.15) is 0 Å². The van der Waals surface area contributed by atoms with Gasteiger partial charge in [0.2, 0.25) is 0 Å². The van der Waals surface area contributed by atoms with E-state index in [1.54, 1.807) is 18.2 Å². The summed E-state index contributed by atoms with van der Waals surface area (Å²) < 4.78 is 11.3. The Kier molecular flexibility index (Phi) is 7.39. The van der Waals surface area contributed by atoms with Crippen LogP contribution in [0.5, 0.6) is 11.5 Å². The van der Waals surface area contributed by atoms with E-state index in [2.05, 4.69) is 13.5 Å². The van der Waals surface area contributed by atoms with Gasteiger partial charge in [-0.1, -0.05) is 44.2 Å². The second-order valence-electron chi connectivity index (χ2n) is 7.13. The fraction of sp³-hybridized carbons (Fsp3) is 0.231. The van der Waals surface area contributed by atoms with E-state index in [4.69, 9.17) is 9.47 Å². The van der Waals surface area contributed by atoms with Gasteiger partial charge in [0, 0.05) is 6.42 Å². The highest BCUT2D eigenvalue weighted by atomic mass is 16.5. The normalized spacial score (nSPS) is 10.6. The number of ketones is 1. The van der Waals surface area contributed by atoms with Gasteiger partial charge in [-0.15, -0.1) is 0 Å². The first-order valence-corrected chi connectivity index (χ1v) is 10.2. The Bertz CT molecular complexity index is 1030. The van der Waals surface area contributed by atoms with E-state index in [1.807, 2.05) is 42.5 Å². The van der Waals surface area contributed by atoms with Crippen LogP contribution in [-0.2, 0) is 11.2 Å². The number of carbonyl (C=O) groups excluding carboxylic acids is 2. The zero-order valence-corrected chi connectivity index (χ0v) is 17.2. The van der Waals surface area contributed by atoms with E-state index in [0.29, 0.717) is 30.8 Å². The molecule has 0 radical (unpaired) electrons. The Morgan fingerprint density at radius 3 is 2.27 bits per heavy atom. The molecule has 0 aliphatic carbocycles. The van der Waals surface area contributed by atoms with Gasteiger partial charge in [-0.3, -0.25) is 4.79 Å². The van der Waals surface area contributed by atoms with Crippen molar-refractivity contribution in [3.63, 3.8) is 0 Å². The monoisotopic (exact) mass is 402 g/mol. The van der Waals surface area contributed by atoms with Crippen LogP contribution in [0.4, 0.5) is 0 Å². The summed E-state index contributed by atoms with van der Waals surface area (Å²) in [6.45, 7) is 6.06. The summed E-state index contributed by atoms with van der Waals surface area (Å²) in [7, 11) is 0. The van der Waals surface area contributed by atoms with Crippen molar-refractivity contribution in [1.29, 1.82) is 0 Å². The molecule has 0 bridgehead atoms. The van der Waals surface area contributed by atoms with Crippen LogP contribution in [0.15, 0.2) is 73.3 Å². The topological polar surface area (TPSA) is 52.6 Å². The average molecular weight is 402 g/mol. The van der Waals surface area contributed by atoms with Crippen molar-refractivity contribution in [2.45, 2.75) is 32.6 Å². The average Bonchev–Trinajstić information content (AvgIpc) is 2.77. The Labute approximate surface area is 177 Å². The van der Waals surface area contributed by atoms with Gasteiger partial charge < -0.3 is 9.47 Å². The largest absolute Gasteiger partial charge is 0.494 e. The van der Waals surface area contributed by atoms with Crippen molar-refractivity contribution in [3.05, 3.63) is 84.4 Å². The zero-order chi connectivity index (χ0) is 21.3. The van der Waals surface area contributed by atoms with E-state index in [9.17, 15) is 9.59 Å². The van der Waals surface area contributed by atoms with Crippen LogP contribution >= 0.6 is 0 Å². The Hall–Kier alpha value is -3.40. The number of carbonyl (C=O) groups is 2. The molecule has 3 rings (SSSR count). The third kappa shape index (κ3) is 5.80. The maximum absolute atomic E-state index is 12.4. The van der Waals surface area contributed by atoms with Crippen LogP contribution in [0.1, 0.15) is 42.1 Å². The minimum Gasteiger partial charge on any atom is -0.494 e. The first-order valence-electron chi connectivity index (χ1n) is 10.2. The molecular formula is C26H26O4. The first kappa shape index (κ1) is 21.3. The summed E-state index contributed by atoms with van der Waals surface area (Å²) in [5.74, 6) is 0.898. The fourth-order valence-electron chi connectivity index (χ4n) is 3.16. The maximum atomic E-state index is 12.4. The molecule has 0 spiro atoms. The number of esters is 1. The van der Waals surface area contributed by atoms with E-state index in [-0.39, 0.29) is 11.8 Å². The highest BCUT2D eigenvalue weighted by Crippen LogP contribution is 2.26. The maximum Gasteiger partial charge on any atom is 0.343 e. The van der Waals surface area contributed by atoms with Crippen LogP contribution in [0.25, 0.3) is 10.8 Å². The molecule has 154 valence electrons. The van der Waals surface area contributed by atoms with Crippen molar-refractivity contribution in [3.8, 4) is 11.5 Å². The van der Waals surface area contributed by atoms with Gasteiger partial charge in [0.05, 0.1) is 12.2 Å². The van der Waals surface area contributed by atoms with Crippen LogP contribution < -0.4 is 9.47 Å². The lowest BCUT2D eigenvalue weighted by atomic mass is 10.1. The van der Waals surface area contributed by atoms with Crippen molar-refractivity contribution in [2.75, 3.05) is 6.61 Å². The van der Waals surface area contributed by atoms with Crippen molar-refractivity contribution in [1.82, 2.24) is 0 Å². The van der Waals surface area contributed by atoms with Crippen molar-refractivity contribution < 1.29 is 19.1 Å². The lowest BCUT2D eigenvalue weighted by Crippen LogP contribution is -2.08. The molecule has 0 fully saturated rings. The molecule has 4 heteroatoms. The summed E-state index contributed by atoms with van der Waals surface area (Å²) in [4.78, 5) is 23.6. The quantitative estimate of drug-likeness (QED) is 0.183. The van der Waals surface area contributed by atoms with Gasteiger partial charge >= 0.3 is 5.97 Å². The minimum atomic E-state index is -0.369. The lowest BCUT2D eigenvalue weighted by molar-refractivity contribution is -0.114. The van der Waals surface area contributed by atoms with E-state index < -0.39 is 0 Å². The molecule has 0 unspecified atom stereocenters. The number of rotatable bonds is 10. The number of hydrogen-bond donors (Lipinski definition) is 0. The summed E-state index contributed by atoms with van der Waals surface area (Å²) in [6, 6.07) is 18.8. The number of allylic oxidation sites excluding steroid dienone is 1. The molecule has 0 aliphatic heterocycles. The van der Waals surface area contributed by atoms with Crippen molar-refractivity contribution >= 4 is 22.5 Å². The highest BCUT2D eigenvalue weighted by Gasteiger charge is 2.09. The van der Waals surface area contributed by atoms with Crippen LogP contribution in [0.3, 0.4) is 0 Å². The SMILES string of the molecule is C=CC(=O)CCCOc1ccc2cc(OC(=O)c3ccc(CCC)cc3)ccc2c1. The molecule has 0 N–H and O–H groups in total. The van der Waals surface area contributed by atoms with Crippen molar-refractivity contribution in [2.24, 2.45) is 0 Å². The molecule has 30 heavy (non-hydrogen) atoms. The third-order valence-electron chi connectivity index (χ3n) is 4.79. The molecule has 4 nitrogen and oxygen atoms in total. The molecule has 3 aromatic rings. The summed E-state index contributed by atoms with van der Waals surface area (Å²) in [6.07, 6.45) is 4.49. The first-order chi connectivity index (χ1) is 14.6. The van der Waals surface area contributed by atoms with E-state index in [0.717, 1.165) is 29.4 Å². The summed E-state index contributed by atoms with van der Waals surface area (Å²) >= 11 is 0. The number of benzene rings is 3. The smallest absolute Gasteiger partial charge is 0.343 e. The zero-order valence-electron chi connectivity index (χ0n) is 17.2. The number of fused-ring (bicyclic) bond motifs is 1. The fourth-order valence-corrected chi connectivity index (χ4v) is 3.16. The van der Waals surface area contributed by atoms with E-state index >= 15 is 0 Å². The second kappa shape index (κ2) is 10.4. The number of aryl methyl sites for hydroxylation is 1. The predicted octanol–water partition coefficient (Wildman–Crippen LogP) is 5.93. The lowest BCUT2D eigenvalue weighted by Gasteiger charge is -2.09. The van der Waals surface area contributed by atoms with Gasteiger partial charge in [0.25, 0.3) is 0 Å². The minimum absolute atomic E-state index is 0.0242. The molecule has 0 atom stereocenters. The van der Waals surface area contributed by atoms with Crippen LogP contribution in [0.2, 0.25) is 0 Å². The molecule has 0 saturated carbocycles. The van der Waals surface area contributed by atoms with Crippen LogP contribution in [0, 0.1) is 0 Å². The van der Waals surface area contributed by atoms with Gasteiger partial charge in [-0.25, -0.2) is 4.79 Å². The van der Waals surface area contributed by atoms with Gasteiger partial charge in [0.15, 0.2) is 5.78 Å². The standard InChI is InChI=1S/C26H26O4/c1-3-6-19-8-10-20(11-9-19)26(28)30-25-15-13-21-17-24(14-12-22(21)18-25)29-16-5-7-23(27)4-2/h4,8-15,17-18H,2-3,5-7,16H2,1H3. The number of hydrogen-bond acceptors (Lipinski definition) is 4. The van der Waals surface area contributed by atoms with Gasteiger partial charge in [0.1, 0.15) is 11.5 Å². The Morgan fingerprint density at radius 2 is 1.60 bits per heavy atom. The Balaban J connectivity index is 1.61. The number of ether oxygens (including phenoxy) is 2. The van der Waals surface area contributed by atoms with E-state index in [1.165, 1.54) is 11.6 Å². The molecule has 3 aromatic carbocycles. The second-order valence-corrected chi connectivity index (χ2v) is 7.13. The molecule has 0 saturated heterocycles. The molecule has 0 amide bonds. The summed E-state index contributed by atoms with van der Waals surface area (Å²) in [5.41, 5.74) is 1.75. The molecule has 0 aromatic heterocycles. The highest BCUT2D eigenvalue weighted by molar-refractivity contribution is 5.92. The molecular weight excluding hydrogens is 376 g/mol. The molecule has 0 heterocycles. The predicted molar refractivity (Wildman–Crippen MR) is 119 cm³/mol. The molecule has 0 aliphatic rings. The van der Waals surface area contributed by atoms with Gasteiger partial charge in [-0.05, 0) is 71.7 Å². The summed E-state index contributed by atoms with van der Waals surface area (Å²) in [5, 5.41) is 1.94. The third-order valence-corrected chi connectivity index (χ3v) is 4.79. The van der Waals surface area contributed by atoms with Crippen LogP contribution in [-0.4, -0.2) is 18.4 Å². The Morgan fingerprint density at radius 1 is 0.933 bits per heavy atom.